The quantitative estimate of drug-likeness (QED) is 0.194. The average Bonchev–Trinajstić information content (AvgIpc) is 3.70. The Morgan fingerprint density at radius 1 is 0.438 bits per heavy atom. The van der Waals surface area contributed by atoms with E-state index in [-0.39, 0.29) is 0 Å². The van der Waals surface area contributed by atoms with Crippen molar-refractivity contribution < 1.29 is 4.42 Å². The molecule has 0 saturated carbocycles. The Labute approximate surface area is 278 Å². The van der Waals surface area contributed by atoms with E-state index in [0.717, 1.165) is 44.5 Å². The molecule has 0 atom stereocenters. The number of aromatic nitrogens is 1. The van der Waals surface area contributed by atoms with Gasteiger partial charge >= 0.3 is 0 Å². The number of anilines is 3. The van der Waals surface area contributed by atoms with Gasteiger partial charge in [-0.1, -0.05) is 121 Å². The number of fused-ring (bicyclic) bond motifs is 6. The third kappa shape index (κ3) is 4.04. The molecule has 224 valence electrons. The lowest BCUT2D eigenvalue weighted by atomic mass is 9.96. The minimum atomic E-state index is 0.626. The van der Waals surface area contributed by atoms with Gasteiger partial charge in [0.1, 0.15) is 5.58 Å². The van der Waals surface area contributed by atoms with Crippen LogP contribution in [0.4, 0.5) is 17.1 Å². The fourth-order valence-corrected chi connectivity index (χ4v) is 7.54. The second-order valence-electron chi connectivity index (χ2n) is 12.3. The molecule has 2 aromatic heterocycles. The number of nitrogens with zero attached hydrogens (tertiary/aromatic N) is 2. The second kappa shape index (κ2) is 10.5. The normalized spacial score (nSPS) is 11.8. The number of pyridine rings is 1. The van der Waals surface area contributed by atoms with Gasteiger partial charge in [0.05, 0.1) is 16.8 Å². The summed E-state index contributed by atoms with van der Waals surface area (Å²) >= 11 is 0. The minimum Gasteiger partial charge on any atom is -0.438 e. The molecule has 1 aliphatic rings. The average molecular weight is 613 g/mol. The summed E-state index contributed by atoms with van der Waals surface area (Å²) in [7, 11) is 0. The first-order chi connectivity index (χ1) is 23.8. The molecule has 0 bridgehead atoms. The Kier molecular flexibility index (Phi) is 5.87. The van der Waals surface area contributed by atoms with Crippen molar-refractivity contribution in [1.29, 1.82) is 0 Å². The zero-order chi connectivity index (χ0) is 31.6. The zero-order valence-electron chi connectivity index (χ0n) is 26.0. The van der Waals surface area contributed by atoms with Gasteiger partial charge in [-0.3, -0.25) is 0 Å². The van der Waals surface area contributed by atoms with Crippen LogP contribution in [0.1, 0.15) is 0 Å². The molecule has 0 fully saturated rings. The van der Waals surface area contributed by atoms with Crippen molar-refractivity contribution in [3.63, 3.8) is 0 Å². The standard InChI is InChI=1S/C45H28N2O/c1-2-11-30(12-3-1)34-14-6-8-19-40(34)47(41-25-26-46-45-44(41)38-17-7-9-20-42(38)48-45)33-23-21-29(22-24-33)32-27-31-13-10-18-37-35-15-4-5-16-36(35)39(28-32)43(31)37/h1-28H. The molecule has 0 aliphatic heterocycles. The third-order valence-electron chi connectivity index (χ3n) is 9.67. The zero-order valence-corrected chi connectivity index (χ0v) is 26.0. The second-order valence-corrected chi connectivity index (χ2v) is 12.3. The summed E-state index contributed by atoms with van der Waals surface area (Å²) in [6.45, 7) is 0. The summed E-state index contributed by atoms with van der Waals surface area (Å²) < 4.78 is 6.26. The molecule has 0 spiro atoms. The summed E-state index contributed by atoms with van der Waals surface area (Å²) in [6, 6.07) is 58.5. The van der Waals surface area contributed by atoms with Gasteiger partial charge in [-0.25, -0.2) is 4.98 Å². The molecule has 0 saturated heterocycles. The summed E-state index contributed by atoms with van der Waals surface area (Å²) in [6.07, 6.45) is 1.84. The van der Waals surface area contributed by atoms with E-state index in [1.54, 1.807) is 0 Å². The molecule has 9 aromatic rings. The van der Waals surface area contributed by atoms with E-state index in [4.69, 9.17) is 4.42 Å². The van der Waals surface area contributed by atoms with Crippen molar-refractivity contribution in [3.8, 4) is 44.5 Å². The van der Waals surface area contributed by atoms with Crippen LogP contribution < -0.4 is 4.90 Å². The molecule has 3 heteroatoms. The first kappa shape index (κ1) is 26.7. The Morgan fingerprint density at radius 3 is 2.00 bits per heavy atom. The lowest BCUT2D eigenvalue weighted by molar-refractivity contribution is 0.654. The predicted molar refractivity (Wildman–Crippen MR) is 199 cm³/mol. The fourth-order valence-electron chi connectivity index (χ4n) is 7.54. The van der Waals surface area contributed by atoms with Gasteiger partial charge in [0.25, 0.3) is 0 Å². The Morgan fingerprint density at radius 2 is 1.15 bits per heavy atom. The van der Waals surface area contributed by atoms with Crippen LogP contribution in [0.5, 0.6) is 0 Å². The minimum absolute atomic E-state index is 0.626. The van der Waals surface area contributed by atoms with Crippen LogP contribution in [-0.4, -0.2) is 4.98 Å². The van der Waals surface area contributed by atoms with Gasteiger partial charge in [-0.15, -0.1) is 0 Å². The Balaban J connectivity index is 1.17. The maximum atomic E-state index is 6.26. The molecule has 2 heterocycles. The molecule has 0 radical (unpaired) electrons. The summed E-state index contributed by atoms with van der Waals surface area (Å²) in [5.74, 6) is 0. The Hall–Kier alpha value is -6.45. The van der Waals surface area contributed by atoms with Crippen LogP contribution in [0, 0.1) is 0 Å². The number of hydrogen-bond donors (Lipinski definition) is 0. The topological polar surface area (TPSA) is 29.3 Å². The number of rotatable bonds is 5. The maximum absolute atomic E-state index is 6.26. The third-order valence-corrected chi connectivity index (χ3v) is 9.67. The van der Waals surface area contributed by atoms with E-state index >= 15 is 0 Å². The van der Waals surface area contributed by atoms with Gasteiger partial charge < -0.3 is 9.32 Å². The van der Waals surface area contributed by atoms with Crippen LogP contribution in [-0.2, 0) is 0 Å². The lowest BCUT2D eigenvalue weighted by Gasteiger charge is -2.28. The maximum Gasteiger partial charge on any atom is 0.229 e. The highest BCUT2D eigenvalue weighted by Gasteiger charge is 2.24. The molecule has 3 nitrogen and oxygen atoms in total. The van der Waals surface area contributed by atoms with E-state index in [2.05, 4.69) is 162 Å². The van der Waals surface area contributed by atoms with Gasteiger partial charge in [-0.05, 0) is 92.2 Å². The van der Waals surface area contributed by atoms with Gasteiger partial charge in [-0.2, -0.15) is 0 Å². The van der Waals surface area contributed by atoms with E-state index in [0.29, 0.717) is 5.71 Å². The van der Waals surface area contributed by atoms with Gasteiger partial charge in [0.2, 0.25) is 5.71 Å². The van der Waals surface area contributed by atoms with E-state index in [1.807, 2.05) is 18.3 Å². The van der Waals surface area contributed by atoms with E-state index < -0.39 is 0 Å². The van der Waals surface area contributed by atoms with Crippen molar-refractivity contribution in [2.24, 2.45) is 0 Å². The lowest BCUT2D eigenvalue weighted by Crippen LogP contribution is -2.11. The molecule has 0 unspecified atom stereocenters. The van der Waals surface area contributed by atoms with Crippen LogP contribution in [0.3, 0.4) is 0 Å². The van der Waals surface area contributed by atoms with E-state index in [1.165, 1.54) is 44.2 Å². The van der Waals surface area contributed by atoms with Crippen LogP contribution in [0.2, 0.25) is 0 Å². The molecule has 1 aliphatic carbocycles. The van der Waals surface area contributed by atoms with E-state index in [9.17, 15) is 0 Å². The first-order valence-electron chi connectivity index (χ1n) is 16.3. The van der Waals surface area contributed by atoms with Crippen molar-refractivity contribution in [2.45, 2.75) is 0 Å². The highest BCUT2D eigenvalue weighted by Crippen LogP contribution is 2.49. The molecule has 0 amide bonds. The van der Waals surface area contributed by atoms with Crippen LogP contribution in [0.15, 0.2) is 174 Å². The van der Waals surface area contributed by atoms with Gasteiger partial charge in [0.15, 0.2) is 0 Å². The first-order valence-corrected chi connectivity index (χ1v) is 16.3. The molecule has 0 N–H and O–H groups in total. The number of hydrogen-bond acceptors (Lipinski definition) is 3. The highest BCUT2D eigenvalue weighted by atomic mass is 16.3. The van der Waals surface area contributed by atoms with Crippen molar-refractivity contribution in [1.82, 2.24) is 4.98 Å². The van der Waals surface area contributed by atoms with Crippen molar-refractivity contribution in [3.05, 3.63) is 170 Å². The molecule has 10 rings (SSSR count). The molecule has 48 heavy (non-hydrogen) atoms. The van der Waals surface area contributed by atoms with Crippen molar-refractivity contribution >= 4 is 49.9 Å². The Bertz CT molecular complexity index is 2670. The van der Waals surface area contributed by atoms with Crippen LogP contribution in [0.25, 0.3) is 77.3 Å². The fraction of sp³-hybridized carbons (Fsp3) is 0. The molecule has 7 aromatic carbocycles. The smallest absolute Gasteiger partial charge is 0.229 e. The van der Waals surface area contributed by atoms with Crippen molar-refractivity contribution in [2.75, 3.05) is 4.90 Å². The SMILES string of the molecule is c1ccc(-c2ccccc2N(c2ccc(-c3cc4c5c(cccc5c3)-c3ccccc3-4)cc2)c2ccnc3oc4ccccc4c23)cc1. The number of furan rings is 1. The molecular formula is C45H28N2O. The monoisotopic (exact) mass is 612 g/mol. The van der Waals surface area contributed by atoms with Gasteiger partial charge in [0, 0.05) is 22.8 Å². The summed E-state index contributed by atoms with van der Waals surface area (Å²) in [4.78, 5) is 7.00. The predicted octanol–water partition coefficient (Wildman–Crippen LogP) is 12.6. The summed E-state index contributed by atoms with van der Waals surface area (Å²) in [5, 5.41) is 4.65. The molecular weight excluding hydrogens is 585 g/mol. The summed E-state index contributed by atoms with van der Waals surface area (Å²) in [5.41, 5.74) is 14.5. The number of para-hydroxylation sites is 2. The largest absolute Gasteiger partial charge is 0.438 e. The number of benzene rings is 7. The van der Waals surface area contributed by atoms with Crippen LogP contribution >= 0.6 is 0 Å². The highest BCUT2D eigenvalue weighted by molar-refractivity contribution is 6.16.